The SMILES string of the molecule is CC(C)(Oc1ccc(Cl)cc1)C(=O)N1CCC[C@@H](Cc2nc(-c3ccsc3)no2)C1. The summed E-state index contributed by atoms with van der Waals surface area (Å²) >= 11 is 7.53. The number of amides is 1. The van der Waals surface area contributed by atoms with E-state index >= 15 is 0 Å². The third-order valence-electron chi connectivity index (χ3n) is 5.22. The minimum atomic E-state index is -0.966. The molecule has 30 heavy (non-hydrogen) atoms. The fraction of sp³-hybridized carbons (Fsp3) is 0.409. The molecule has 1 aliphatic heterocycles. The summed E-state index contributed by atoms with van der Waals surface area (Å²) in [5, 5.41) is 8.70. The molecule has 1 fully saturated rings. The van der Waals surface area contributed by atoms with Crippen molar-refractivity contribution in [3.8, 4) is 17.1 Å². The largest absolute Gasteiger partial charge is 0.478 e. The number of thiophene rings is 1. The molecular weight excluding hydrogens is 422 g/mol. The van der Waals surface area contributed by atoms with Gasteiger partial charge in [0.1, 0.15) is 5.75 Å². The Labute approximate surface area is 184 Å². The molecule has 2 aromatic heterocycles. The van der Waals surface area contributed by atoms with Crippen molar-refractivity contribution in [2.75, 3.05) is 13.1 Å². The number of piperidine rings is 1. The number of carbonyl (C=O) groups is 1. The second-order valence-electron chi connectivity index (χ2n) is 8.05. The highest BCUT2D eigenvalue weighted by atomic mass is 35.5. The third-order valence-corrected chi connectivity index (χ3v) is 6.15. The lowest BCUT2D eigenvalue weighted by Gasteiger charge is -2.37. The maximum Gasteiger partial charge on any atom is 0.266 e. The van der Waals surface area contributed by atoms with Gasteiger partial charge in [0.05, 0.1) is 0 Å². The van der Waals surface area contributed by atoms with Gasteiger partial charge in [0.15, 0.2) is 5.60 Å². The molecule has 158 valence electrons. The Hall–Kier alpha value is -2.38. The van der Waals surface area contributed by atoms with Crippen LogP contribution in [0, 0.1) is 5.92 Å². The molecule has 0 N–H and O–H groups in total. The molecule has 0 radical (unpaired) electrons. The van der Waals surface area contributed by atoms with E-state index in [-0.39, 0.29) is 11.8 Å². The number of carbonyl (C=O) groups excluding carboxylic acids is 1. The fourth-order valence-electron chi connectivity index (χ4n) is 3.73. The summed E-state index contributed by atoms with van der Waals surface area (Å²) in [4.78, 5) is 19.6. The van der Waals surface area contributed by atoms with Crippen LogP contribution in [0.15, 0.2) is 45.6 Å². The van der Waals surface area contributed by atoms with Crippen molar-refractivity contribution in [3.05, 3.63) is 52.0 Å². The van der Waals surface area contributed by atoms with Gasteiger partial charge in [-0.15, -0.1) is 0 Å². The van der Waals surface area contributed by atoms with Crippen molar-refractivity contribution in [3.63, 3.8) is 0 Å². The van der Waals surface area contributed by atoms with E-state index < -0.39 is 5.60 Å². The number of aromatic nitrogens is 2. The third kappa shape index (κ3) is 4.84. The summed E-state index contributed by atoms with van der Waals surface area (Å²) in [6.45, 7) is 4.99. The second kappa shape index (κ2) is 8.78. The zero-order chi connectivity index (χ0) is 21.1. The zero-order valence-electron chi connectivity index (χ0n) is 17.0. The Bertz CT molecular complexity index is 985. The Morgan fingerprint density at radius 3 is 2.87 bits per heavy atom. The minimum absolute atomic E-state index is 0.0216. The number of ether oxygens (including phenoxy) is 1. The van der Waals surface area contributed by atoms with Gasteiger partial charge in [0, 0.05) is 35.5 Å². The van der Waals surface area contributed by atoms with Crippen LogP contribution in [-0.4, -0.2) is 39.6 Å². The molecule has 4 rings (SSSR count). The lowest BCUT2D eigenvalue weighted by Crippen LogP contribution is -2.52. The van der Waals surface area contributed by atoms with Crippen molar-refractivity contribution < 1.29 is 14.1 Å². The predicted octanol–water partition coefficient (Wildman–Crippen LogP) is 5.09. The van der Waals surface area contributed by atoms with E-state index in [0.717, 1.165) is 24.9 Å². The van der Waals surface area contributed by atoms with Gasteiger partial charge in [-0.3, -0.25) is 4.79 Å². The fourth-order valence-corrected chi connectivity index (χ4v) is 4.49. The van der Waals surface area contributed by atoms with Gasteiger partial charge in [0.2, 0.25) is 11.7 Å². The van der Waals surface area contributed by atoms with E-state index in [4.69, 9.17) is 20.9 Å². The maximum atomic E-state index is 13.2. The summed E-state index contributed by atoms with van der Waals surface area (Å²) < 4.78 is 11.4. The molecule has 8 heteroatoms. The van der Waals surface area contributed by atoms with E-state index in [1.165, 1.54) is 0 Å². The second-order valence-corrected chi connectivity index (χ2v) is 9.27. The topological polar surface area (TPSA) is 68.5 Å². The molecular formula is C22H24ClN3O3S. The van der Waals surface area contributed by atoms with E-state index in [1.807, 2.05) is 21.7 Å². The molecule has 3 heterocycles. The minimum Gasteiger partial charge on any atom is -0.478 e. The number of rotatable bonds is 6. The van der Waals surface area contributed by atoms with Crippen molar-refractivity contribution in [1.82, 2.24) is 15.0 Å². The van der Waals surface area contributed by atoms with Gasteiger partial charge in [-0.25, -0.2) is 0 Å². The van der Waals surface area contributed by atoms with Crippen molar-refractivity contribution in [2.24, 2.45) is 5.92 Å². The van der Waals surface area contributed by atoms with Crippen LogP contribution in [0.2, 0.25) is 5.02 Å². The Balaban J connectivity index is 1.38. The molecule has 6 nitrogen and oxygen atoms in total. The van der Waals surface area contributed by atoms with Crippen LogP contribution in [0.3, 0.4) is 0 Å². The first kappa shape index (κ1) is 20.9. The summed E-state index contributed by atoms with van der Waals surface area (Å²) in [5.74, 6) is 2.12. The zero-order valence-corrected chi connectivity index (χ0v) is 18.6. The predicted molar refractivity (Wildman–Crippen MR) is 117 cm³/mol. The molecule has 1 atom stereocenters. The summed E-state index contributed by atoms with van der Waals surface area (Å²) in [6, 6.07) is 9.03. The molecule has 0 saturated carbocycles. The number of nitrogens with zero attached hydrogens (tertiary/aromatic N) is 3. The van der Waals surface area contributed by atoms with Crippen LogP contribution >= 0.6 is 22.9 Å². The lowest BCUT2D eigenvalue weighted by molar-refractivity contribution is -0.147. The average molecular weight is 446 g/mol. The highest BCUT2D eigenvalue weighted by Gasteiger charge is 2.36. The van der Waals surface area contributed by atoms with E-state index in [9.17, 15) is 4.79 Å². The van der Waals surface area contributed by atoms with Crippen molar-refractivity contribution >= 4 is 28.8 Å². The molecule has 0 spiro atoms. The van der Waals surface area contributed by atoms with Gasteiger partial charge in [-0.1, -0.05) is 16.8 Å². The first-order chi connectivity index (χ1) is 14.4. The van der Waals surface area contributed by atoms with E-state index in [0.29, 0.717) is 35.5 Å². The molecule has 3 aromatic rings. The molecule has 1 saturated heterocycles. The number of hydrogen-bond acceptors (Lipinski definition) is 6. The summed E-state index contributed by atoms with van der Waals surface area (Å²) in [7, 11) is 0. The van der Waals surface area contributed by atoms with Gasteiger partial charge < -0.3 is 14.2 Å². The highest BCUT2D eigenvalue weighted by Crippen LogP contribution is 2.27. The summed E-state index contributed by atoms with van der Waals surface area (Å²) in [5.41, 5.74) is 0.00308. The number of benzene rings is 1. The molecule has 1 amide bonds. The van der Waals surface area contributed by atoms with Crippen LogP contribution in [0.5, 0.6) is 5.75 Å². The molecule has 0 unspecified atom stereocenters. The normalized spacial score (nSPS) is 17.2. The van der Waals surface area contributed by atoms with E-state index in [1.54, 1.807) is 49.4 Å². The lowest BCUT2D eigenvalue weighted by atomic mass is 9.93. The first-order valence-corrected chi connectivity index (χ1v) is 11.3. The quantitative estimate of drug-likeness (QED) is 0.528. The number of halogens is 1. The van der Waals surface area contributed by atoms with E-state index in [2.05, 4.69) is 10.1 Å². The smallest absolute Gasteiger partial charge is 0.266 e. The Kier molecular flexibility index (Phi) is 6.11. The van der Waals surface area contributed by atoms with Gasteiger partial charge in [-0.2, -0.15) is 16.3 Å². The number of hydrogen-bond donors (Lipinski definition) is 0. The van der Waals surface area contributed by atoms with Crippen LogP contribution in [0.4, 0.5) is 0 Å². The Morgan fingerprint density at radius 1 is 1.33 bits per heavy atom. The van der Waals surface area contributed by atoms with Crippen LogP contribution in [-0.2, 0) is 11.2 Å². The van der Waals surface area contributed by atoms with Gasteiger partial charge >= 0.3 is 0 Å². The molecule has 1 aliphatic rings. The summed E-state index contributed by atoms with van der Waals surface area (Å²) in [6.07, 6.45) is 2.64. The van der Waals surface area contributed by atoms with Gasteiger partial charge in [-0.05, 0) is 68.3 Å². The first-order valence-electron chi connectivity index (χ1n) is 10.00. The van der Waals surface area contributed by atoms with Crippen LogP contribution < -0.4 is 4.74 Å². The van der Waals surface area contributed by atoms with Crippen LogP contribution in [0.1, 0.15) is 32.6 Å². The Morgan fingerprint density at radius 2 is 2.13 bits per heavy atom. The molecule has 0 aliphatic carbocycles. The number of likely N-dealkylation sites (tertiary alicyclic amines) is 1. The molecule has 0 bridgehead atoms. The average Bonchev–Trinajstić information content (AvgIpc) is 3.41. The molecule has 1 aromatic carbocycles. The highest BCUT2D eigenvalue weighted by molar-refractivity contribution is 7.08. The van der Waals surface area contributed by atoms with Crippen LogP contribution in [0.25, 0.3) is 11.4 Å². The van der Waals surface area contributed by atoms with Gasteiger partial charge in [0.25, 0.3) is 5.91 Å². The monoisotopic (exact) mass is 445 g/mol. The van der Waals surface area contributed by atoms with Crippen molar-refractivity contribution in [2.45, 2.75) is 38.7 Å². The van der Waals surface area contributed by atoms with Crippen molar-refractivity contribution in [1.29, 1.82) is 0 Å². The maximum absolute atomic E-state index is 13.2. The standard InChI is InChI=1S/C22H24ClN3O3S/c1-22(2,28-18-7-5-17(23)6-8-18)21(27)26-10-3-4-15(13-26)12-19-24-20(25-29-19)16-9-11-30-14-16/h5-9,11,14-15H,3-4,10,12-13H2,1-2H3/t15-/m0/s1.